The van der Waals surface area contributed by atoms with Crippen molar-refractivity contribution in [3.63, 3.8) is 0 Å². The molecule has 0 bridgehead atoms. The molecule has 0 saturated carbocycles. The Balaban J connectivity index is 1.88. The first-order valence-electron chi connectivity index (χ1n) is 5.75. The van der Waals surface area contributed by atoms with Crippen molar-refractivity contribution in [1.82, 2.24) is 15.5 Å². The fourth-order valence-corrected chi connectivity index (χ4v) is 2.80. The Morgan fingerprint density at radius 2 is 1.95 bits per heavy atom. The summed E-state index contributed by atoms with van der Waals surface area (Å²) in [5.74, 6) is -0.347. The molecule has 1 heterocycles. The van der Waals surface area contributed by atoms with E-state index in [9.17, 15) is 13.2 Å². The summed E-state index contributed by atoms with van der Waals surface area (Å²) in [6.45, 7) is 0.380. The average molecular weight is 347 g/mol. The van der Waals surface area contributed by atoms with E-state index in [-0.39, 0.29) is 20.3 Å². The maximum Gasteiger partial charge on any atom is 0.282 e. The summed E-state index contributed by atoms with van der Waals surface area (Å²) in [5, 5.41) is 15.0. The van der Waals surface area contributed by atoms with Crippen molar-refractivity contribution in [2.45, 2.75) is 11.3 Å². The van der Waals surface area contributed by atoms with Gasteiger partial charge in [-0.1, -0.05) is 23.5 Å². The van der Waals surface area contributed by atoms with Gasteiger partial charge < -0.3 is 5.32 Å². The number of sulfonamides is 1. The zero-order chi connectivity index (χ0) is 15.5. The molecule has 0 aliphatic carbocycles. The van der Waals surface area contributed by atoms with Crippen LogP contribution in [0.2, 0.25) is 4.47 Å². The van der Waals surface area contributed by atoms with Crippen molar-refractivity contribution in [3.05, 3.63) is 39.3 Å². The Bertz CT molecular complexity index is 743. The van der Waals surface area contributed by atoms with Crippen LogP contribution in [0.25, 0.3) is 0 Å². The number of benzene rings is 1. The molecule has 112 valence electrons. The third kappa shape index (κ3) is 4.46. The van der Waals surface area contributed by atoms with Crippen LogP contribution in [0.3, 0.4) is 0 Å². The molecular weight excluding hydrogens is 336 g/mol. The van der Waals surface area contributed by atoms with E-state index in [4.69, 9.17) is 16.7 Å². The van der Waals surface area contributed by atoms with Crippen molar-refractivity contribution in [2.24, 2.45) is 5.14 Å². The number of aromatic nitrogens is 2. The van der Waals surface area contributed by atoms with Crippen molar-refractivity contribution >= 4 is 38.9 Å². The summed E-state index contributed by atoms with van der Waals surface area (Å²) in [5.41, 5.74) is 0.873. The zero-order valence-corrected chi connectivity index (χ0v) is 13.0. The molecule has 0 saturated heterocycles. The highest BCUT2D eigenvalue weighted by molar-refractivity contribution is 7.89. The van der Waals surface area contributed by atoms with E-state index in [0.717, 1.165) is 16.9 Å². The minimum Gasteiger partial charge on any atom is -0.350 e. The standard InChI is InChI=1S/C11H11ClN4O3S2/c12-11-16-15-10(20-11)9(17)14-6-5-7-1-3-8(4-2-7)21(13,18)19/h1-4H,5-6H2,(H,14,17)(H2,13,18,19). The molecule has 3 N–H and O–H groups in total. The van der Waals surface area contributed by atoms with Gasteiger partial charge in [0, 0.05) is 6.54 Å². The van der Waals surface area contributed by atoms with E-state index in [2.05, 4.69) is 15.5 Å². The third-order valence-electron chi connectivity index (χ3n) is 2.55. The number of hydrogen-bond acceptors (Lipinski definition) is 6. The van der Waals surface area contributed by atoms with Gasteiger partial charge in [-0.15, -0.1) is 10.2 Å². The minimum absolute atomic E-state index is 0.0544. The van der Waals surface area contributed by atoms with E-state index >= 15 is 0 Å². The number of rotatable bonds is 5. The monoisotopic (exact) mass is 346 g/mol. The maximum absolute atomic E-state index is 11.7. The van der Waals surface area contributed by atoms with E-state index < -0.39 is 10.0 Å². The van der Waals surface area contributed by atoms with Crippen LogP contribution in [0.15, 0.2) is 29.2 Å². The van der Waals surface area contributed by atoms with Crippen LogP contribution in [-0.2, 0) is 16.4 Å². The van der Waals surface area contributed by atoms with Gasteiger partial charge in [0.05, 0.1) is 4.90 Å². The van der Waals surface area contributed by atoms with Crippen LogP contribution >= 0.6 is 22.9 Å². The Morgan fingerprint density at radius 3 is 2.48 bits per heavy atom. The molecule has 0 spiro atoms. The molecule has 21 heavy (non-hydrogen) atoms. The maximum atomic E-state index is 11.7. The molecule has 2 rings (SSSR count). The molecule has 0 fully saturated rings. The number of carbonyl (C=O) groups excluding carboxylic acids is 1. The third-order valence-corrected chi connectivity index (χ3v) is 4.49. The molecule has 0 aliphatic heterocycles. The van der Waals surface area contributed by atoms with Gasteiger partial charge in [-0.3, -0.25) is 4.79 Å². The number of halogens is 1. The summed E-state index contributed by atoms with van der Waals surface area (Å²) in [7, 11) is -3.68. The summed E-state index contributed by atoms with van der Waals surface area (Å²) in [6.07, 6.45) is 0.545. The van der Waals surface area contributed by atoms with Gasteiger partial charge in [0.25, 0.3) is 5.91 Å². The molecular formula is C11H11ClN4O3S2. The Hall–Kier alpha value is -1.55. The second kappa shape index (κ2) is 6.48. The van der Waals surface area contributed by atoms with Crippen LogP contribution < -0.4 is 10.5 Å². The van der Waals surface area contributed by atoms with Gasteiger partial charge in [-0.05, 0) is 35.7 Å². The number of carbonyl (C=O) groups is 1. The fraction of sp³-hybridized carbons (Fsp3) is 0.182. The fourth-order valence-electron chi connectivity index (χ4n) is 1.54. The predicted octanol–water partition coefficient (Wildman–Crippen LogP) is 0.811. The highest BCUT2D eigenvalue weighted by atomic mass is 35.5. The van der Waals surface area contributed by atoms with Gasteiger partial charge in [-0.25, -0.2) is 13.6 Å². The molecule has 0 aliphatic rings. The number of nitrogens with zero attached hydrogens (tertiary/aromatic N) is 2. The first-order chi connectivity index (χ1) is 9.86. The first kappa shape index (κ1) is 15.8. The lowest BCUT2D eigenvalue weighted by Gasteiger charge is -2.04. The Labute approximate surface area is 130 Å². The van der Waals surface area contributed by atoms with E-state index in [0.29, 0.717) is 13.0 Å². The SMILES string of the molecule is NS(=O)(=O)c1ccc(CCNC(=O)c2nnc(Cl)s2)cc1. The zero-order valence-electron chi connectivity index (χ0n) is 10.6. The minimum atomic E-state index is -3.68. The summed E-state index contributed by atoms with van der Waals surface area (Å²) in [6, 6.07) is 6.15. The number of hydrogen-bond donors (Lipinski definition) is 2. The number of nitrogens with two attached hydrogens (primary N) is 1. The van der Waals surface area contributed by atoms with E-state index in [1.54, 1.807) is 12.1 Å². The van der Waals surface area contributed by atoms with Crippen molar-refractivity contribution < 1.29 is 13.2 Å². The van der Waals surface area contributed by atoms with Crippen LogP contribution in [0, 0.1) is 0 Å². The molecule has 7 nitrogen and oxygen atoms in total. The smallest absolute Gasteiger partial charge is 0.282 e. The van der Waals surface area contributed by atoms with Gasteiger partial charge in [-0.2, -0.15) is 0 Å². The Kier molecular flexibility index (Phi) is 4.88. The van der Waals surface area contributed by atoms with Crippen LogP contribution in [0.4, 0.5) is 0 Å². The summed E-state index contributed by atoms with van der Waals surface area (Å²) < 4.78 is 22.4. The number of amides is 1. The lowest BCUT2D eigenvalue weighted by atomic mass is 10.1. The van der Waals surface area contributed by atoms with E-state index in [1.165, 1.54) is 12.1 Å². The normalized spacial score (nSPS) is 11.3. The van der Waals surface area contributed by atoms with Crippen LogP contribution in [-0.4, -0.2) is 31.1 Å². The first-order valence-corrected chi connectivity index (χ1v) is 8.49. The molecule has 1 amide bonds. The highest BCUT2D eigenvalue weighted by Crippen LogP contribution is 2.14. The Morgan fingerprint density at radius 1 is 1.29 bits per heavy atom. The predicted molar refractivity (Wildman–Crippen MR) is 78.8 cm³/mol. The quantitative estimate of drug-likeness (QED) is 0.831. The number of primary sulfonamides is 1. The molecule has 1 aromatic carbocycles. The number of nitrogens with one attached hydrogen (secondary N) is 1. The van der Waals surface area contributed by atoms with Crippen molar-refractivity contribution in [2.75, 3.05) is 6.54 Å². The average Bonchev–Trinajstić information content (AvgIpc) is 2.85. The molecule has 2 aromatic rings. The topological polar surface area (TPSA) is 115 Å². The lowest BCUT2D eigenvalue weighted by Crippen LogP contribution is -2.25. The van der Waals surface area contributed by atoms with Gasteiger partial charge in [0.15, 0.2) is 0 Å². The van der Waals surface area contributed by atoms with Crippen molar-refractivity contribution in [3.8, 4) is 0 Å². The summed E-state index contributed by atoms with van der Waals surface area (Å²) >= 11 is 6.59. The molecule has 0 unspecified atom stereocenters. The molecule has 0 radical (unpaired) electrons. The van der Waals surface area contributed by atoms with E-state index in [1.807, 2.05) is 0 Å². The second-order valence-electron chi connectivity index (χ2n) is 4.06. The summed E-state index contributed by atoms with van der Waals surface area (Å²) in [4.78, 5) is 11.7. The second-order valence-corrected chi connectivity index (χ2v) is 7.18. The molecule has 10 heteroatoms. The lowest BCUT2D eigenvalue weighted by molar-refractivity contribution is 0.0953. The highest BCUT2D eigenvalue weighted by Gasteiger charge is 2.11. The molecule has 0 atom stereocenters. The van der Waals surface area contributed by atoms with Gasteiger partial charge >= 0.3 is 0 Å². The largest absolute Gasteiger partial charge is 0.350 e. The molecule has 1 aromatic heterocycles. The van der Waals surface area contributed by atoms with Gasteiger partial charge in [0.2, 0.25) is 19.5 Å². The van der Waals surface area contributed by atoms with Crippen molar-refractivity contribution in [1.29, 1.82) is 0 Å². The van der Waals surface area contributed by atoms with Gasteiger partial charge in [0.1, 0.15) is 0 Å². The van der Waals surface area contributed by atoms with Crippen LogP contribution in [0.1, 0.15) is 15.4 Å². The van der Waals surface area contributed by atoms with Crippen LogP contribution in [0.5, 0.6) is 0 Å².